The first-order chi connectivity index (χ1) is 8.92. The molecule has 0 fully saturated rings. The molecule has 0 bridgehead atoms. The third kappa shape index (κ3) is 3.60. The summed E-state index contributed by atoms with van der Waals surface area (Å²) in [6, 6.07) is 8.24. The third-order valence-electron chi connectivity index (χ3n) is 2.28. The number of anilines is 1. The number of halogens is 2. The number of nitrogens with one attached hydrogen (secondary N) is 1. The number of sulfonamides is 1. The molecule has 0 spiro atoms. The minimum atomic E-state index is -3.57. The molecule has 0 aliphatic heterocycles. The van der Waals surface area contributed by atoms with Gasteiger partial charge in [-0.15, -0.1) is 11.3 Å². The second-order valence-corrected chi connectivity index (χ2v) is 8.33. The average Bonchev–Trinajstić information content (AvgIpc) is 2.82. The van der Waals surface area contributed by atoms with Crippen LogP contribution in [0, 0.1) is 3.57 Å². The highest BCUT2D eigenvalue weighted by Gasteiger charge is 2.17. The fourth-order valence-electron chi connectivity index (χ4n) is 1.38. The summed E-state index contributed by atoms with van der Waals surface area (Å²) in [4.78, 5) is 0.825. The molecule has 0 unspecified atom stereocenters. The van der Waals surface area contributed by atoms with Gasteiger partial charge in [0.1, 0.15) is 4.21 Å². The van der Waals surface area contributed by atoms with Crippen LogP contribution in [0.5, 0.6) is 0 Å². The molecule has 3 N–H and O–H groups in total. The van der Waals surface area contributed by atoms with E-state index in [0.717, 1.165) is 19.8 Å². The van der Waals surface area contributed by atoms with Crippen molar-refractivity contribution in [3.8, 4) is 0 Å². The van der Waals surface area contributed by atoms with Crippen LogP contribution in [-0.4, -0.2) is 8.42 Å². The van der Waals surface area contributed by atoms with Crippen molar-refractivity contribution in [1.82, 2.24) is 0 Å². The lowest BCUT2D eigenvalue weighted by Gasteiger charge is -2.08. The highest BCUT2D eigenvalue weighted by Crippen LogP contribution is 2.27. The van der Waals surface area contributed by atoms with Gasteiger partial charge in [-0.1, -0.05) is 11.6 Å². The van der Waals surface area contributed by atoms with Crippen molar-refractivity contribution in [1.29, 1.82) is 0 Å². The van der Waals surface area contributed by atoms with Crippen molar-refractivity contribution >= 4 is 61.2 Å². The molecule has 0 saturated carbocycles. The Balaban J connectivity index is 2.30. The van der Waals surface area contributed by atoms with Crippen LogP contribution in [0.1, 0.15) is 4.88 Å². The summed E-state index contributed by atoms with van der Waals surface area (Å²) < 4.78 is 27.9. The maximum absolute atomic E-state index is 12.2. The molecule has 102 valence electrons. The molecule has 0 amide bonds. The van der Waals surface area contributed by atoms with E-state index in [9.17, 15) is 8.42 Å². The van der Waals surface area contributed by atoms with Crippen LogP contribution in [0.3, 0.4) is 0 Å². The minimum absolute atomic E-state index is 0.249. The molecule has 4 nitrogen and oxygen atoms in total. The molecule has 19 heavy (non-hydrogen) atoms. The van der Waals surface area contributed by atoms with Gasteiger partial charge in [0.05, 0.1) is 5.69 Å². The second kappa shape index (κ2) is 5.96. The zero-order valence-electron chi connectivity index (χ0n) is 9.56. The van der Waals surface area contributed by atoms with Crippen molar-refractivity contribution < 1.29 is 8.42 Å². The molecule has 8 heteroatoms. The molecule has 0 atom stereocenters. The number of rotatable bonds is 4. The van der Waals surface area contributed by atoms with Gasteiger partial charge in [0.15, 0.2) is 0 Å². The van der Waals surface area contributed by atoms with E-state index in [-0.39, 0.29) is 4.21 Å². The summed E-state index contributed by atoms with van der Waals surface area (Å²) in [5.41, 5.74) is 5.99. The van der Waals surface area contributed by atoms with E-state index >= 15 is 0 Å². The zero-order chi connectivity index (χ0) is 14.0. The number of nitrogens with two attached hydrogens (primary N) is 1. The lowest BCUT2D eigenvalue weighted by atomic mass is 10.3. The van der Waals surface area contributed by atoms with Crippen molar-refractivity contribution in [2.75, 3.05) is 4.72 Å². The predicted molar refractivity (Wildman–Crippen MR) is 87.2 cm³/mol. The van der Waals surface area contributed by atoms with Crippen LogP contribution in [-0.2, 0) is 16.6 Å². The Kier molecular flexibility index (Phi) is 4.72. The first-order valence-electron chi connectivity index (χ1n) is 5.19. The van der Waals surface area contributed by atoms with E-state index < -0.39 is 10.0 Å². The van der Waals surface area contributed by atoms with E-state index in [0.29, 0.717) is 17.3 Å². The summed E-state index contributed by atoms with van der Waals surface area (Å²) in [5.74, 6) is 0. The van der Waals surface area contributed by atoms with Crippen molar-refractivity contribution in [2.24, 2.45) is 5.73 Å². The molecule has 1 heterocycles. The van der Waals surface area contributed by atoms with Crippen LogP contribution < -0.4 is 10.5 Å². The van der Waals surface area contributed by atoms with Crippen LogP contribution in [0.2, 0.25) is 5.02 Å². The van der Waals surface area contributed by atoms with E-state index in [1.807, 2.05) is 22.6 Å². The Morgan fingerprint density at radius 1 is 1.32 bits per heavy atom. The molecule has 0 radical (unpaired) electrons. The van der Waals surface area contributed by atoms with E-state index in [2.05, 4.69) is 4.72 Å². The summed E-state index contributed by atoms with van der Waals surface area (Å²) in [6.07, 6.45) is 0. The number of thiophene rings is 1. The quantitative estimate of drug-likeness (QED) is 0.734. The number of benzene rings is 1. The topological polar surface area (TPSA) is 72.2 Å². The Morgan fingerprint density at radius 3 is 2.63 bits per heavy atom. The van der Waals surface area contributed by atoms with Gasteiger partial charge in [0.2, 0.25) is 0 Å². The fraction of sp³-hybridized carbons (Fsp3) is 0.0909. The normalized spacial score (nSPS) is 11.5. The highest BCUT2D eigenvalue weighted by molar-refractivity contribution is 14.1. The van der Waals surface area contributed by atoms with E-state index in [1.165, 1.54) is 0 Å². The third-order valence-corrected chi connectivity index (χ3v) is 6.37. The van der Waals surface area contributed by atoms with Gasteiger partial charge < -0.3 is 5.73 Å². The maximum atomic E-state index is 12.2. The van der Waals surface area contributed by atoms with Crippen molar-refractivity contribution in [3.63, 3.8) is 0 Å². The van der Waals surface area contributed by atoms with Crippen LogP contribution in [0.4, 0.5) is 5.69 Å². The standard InChI is InChI=1S/C11H10ClIN2O2S2/c12-7-1-3-10(9(13)5-7)15-19(16,17)11-4-2-8(6-14)18-11/h1-5,15H,6,14H2. The molecular formula is C11H10ClIN2O2S2. The molecule has 2 rings (SSSR count). The minimum Gasteiger partial charge on any atom is -0.326 e. The molecular weight excluding hydrogens is 419 g/mol. The monoisotopic (exact) mass is 428 g/mol. The first kappa shape index (κ1) is 15.0. The molecule has 0 saturated heterocycles. The molecule has 1 aromatic carbocycles. The highest BCUT2D eigenvalue weighted by atomic mass is 127. The molecule has 0 aliphatic rings. The van der Waals surface area contributed by atoms with Gasteiger partial charge >= 0.3 is 0 Å². The van der Waals surface area contributed by atoms with Crippen molar-refractivity contribution in [2.45, 2.75) is 10.8 Å². The smallest absolute Gasteiger partial charge is 0.271 e. The summed E-state index contributed by atoms with van der Waals surface area (Å²) in [7, 11) is -3.57. The molecule has 2 aromatic rings. The van der Waals surface area contributed by atoms with Crippen LogP contribution in [0.15, 0.2) is 34.5 Å². The largest absolute Gasteiger partial charge is 0.326 e. The van der Waals surface area contributed by atoms with Gasteiger partial charge in [-0.3, -0.25) is 4.72 Å². The van der Waals surface area contributed by atoms with Gasteiger partial charge in [-0.2, -0.15) is 0 Å². The van der Waals surface area contributed by atoms with E-state index in [1.54, 1.807) is 30.3 Å². The Bertz CT molecular complexity index is 700. The van der Waals surface area contributed by atoms with Gasteiger partial charge in [-0.25, -0.2) is 8.42 Å². The number of hydrogen-bond acceptors (Lipinski definition) is 4. The Hall–Kier alpha value is -0.350. The van der Waals surface area contributed by atoms with Crippen LogP contribution >= 0.6 is 45.5 Å². The Labute approximate surface area is 134 Å². The molecule has 1 aromatic heterocycles. The first-order valence-corrected chi connectivity index (χ1v) is 8.94. The van der Waals surface area contributed by atoms with Crippen LogP contribution in [0.25, 0.3) is 0 Å². The SMILES string of the molecule is NCc1ccc(S(=O)(=O)Nc2ccc(Cl)cc2I)s1. The average molecular weight is 429 g/mol. The summed E-state index contributed by atoms with van der Waals surface area (Å²) in [5, 5.41) is 0.564. The summed E-state index contributed by atoms with van der Waals surface area (Å²) in [6.45, 7) is 0.332. The molecule has 0 aliphatic carbocycles. The van der Waals surface area contributed by atoms with Gasteiger partial charge in [0.25, 0.3) is 10.0 Å². The maximum Gasteiger partial charge on any atom is 0.271 e. The van der Waals surface area contributed by atoms with Crippen molar-refractivity contribution in [3.05, 3.63) is 43.8 Å². The summed E-state index contributed by atoms with van der Waals surface area (Å²) >= 11 is 9.03. The second-order valence-electron chi connectivity index (χ2n) is 3.65. The lowest BCUT2D eigenvalue weighted by Crippen LogP contribution is -2.12. The lowest BCUT2D eigenvalue weighted by molar-refractivity contribution is 0.603. The predicted octanol–water partition coefficient (Wildman–Crippen LogP) is 3.27. The zero-order valence-corrected chi connectivity index (χ0v) is 14.1. The fourth-order valence-corrected chi connectivity index (χ4v) is 4.88. The van der Waals surface area contributed by atoms with E-state index in [4.69, 9.17) is 17.3 Å². The number of hydrogen-bond donors (Lipinski definition) is 2. The Morgan fingerprint density at radius 2 is 2.05 bits per heavy atom. The van der Waals surface area contributed by atoms with Gasteiger partial charge in [0, 0.05) is 20.0 Å². The van der Waals surface area contributed by atoms with Gasteiger partial charge in [-0.05, 0) is 52.9 Å².